The van der Waals surface area contributed by atoms with Gasteiger partial charge >= 0.3 is 5.97 Å². The van der Waals surface area contributed by atoms with Gasteiger partial charge in [-0.15, -0.1) is 0 Å². The third-order valence-corrected chi connectivity index (χ3v) is 2.16. The van der Waals surface area contributed by atoms with Crippen LogP contribution in [0.1, 0.15) is 6.42 Å². The highest BCUT2D eigenvalue weighted by atomic mass is 79.9. The zero-order valence-corrected chi connectivity index (χ0v) is 10.1. The zero-order chi connectivity index (χ0) is 11.8. The van der Waals surface area contributed by atoms with Gasteiger partial charge in [0.15, 0.2) is 0 Å². The number of hydrogen-bond acceptors (Lipinski definition) is 3. The lowest BCUT2D eigenvalue weighted by Gasteiger charge is -2.02. The van der Waals surface area contributed by atoms with Crippen LogP contribution in [0.2, 0.25) is 0 Å². The smallest absolute Gasteiger partial charge is 0.310 e. The van der Waals surface area contributed by atoms with Crippen molar-refractivity contribution in [1.29, 1.82) is 0 Å². The number of aliphatic hydroxyl groups is 1. The van der Waals surface area contributed by atoms with Crippen LogP contribution in [0.3, 0.4) is 0 Å². The van der Waals surface area contributed by atoms with Gasteiger partial charge in [-0.25, -0.2) is 0 Å². The molecule has 0 bridgehead atoms. The molecule has 3 nitrogen and oxygen atoms in total. The normalized spacial score (nSPS) is 12.1. The Morgan fingerprint density at radius 2 is 2.13 bits per heavy atom. The van der Waals surface area contributed by atoms with Gasteiger partial charge in [-0.05, 0) is 6.08 Å². The Hall–Kier alpha value is -1.29. The monoisotopic (exact) mass is 272 g/mol. The van der Waals surface area contributed by atoms with Crippen molar-refractivity contribution in [2.75, 3.05) is 7.11 Å². The molecule has 0 unspecified atom stereocenters. The van der Waals surface area contributed by atoms with E-state index < -0.39 is 5.97 Å². The van der Waals surface area contributed by atoms with Gasteiger partial charge in [0.2, 0.25) is 0 Å². The van der Waals surface area contributed by atoms with E-state index in [0.29, 0.717) is 5.57 Å². The highest BCUT2D eigenvalue weighted by Gasteiger charge is 2.07. The van der Waals surface area contributed by atoms with Crippen molar-refractivity contribution in [2.24, 2.45) is 0 Å². The average Bonchev–Trinajstić information content (AvgIpc) is 2.22. The number of rotatable bonds is 5. The molecule has 0 aliphatic rings. The summed E-state index contributed by atoms with van der Waals surface area (Å²) in [5.41, 5.74) is 0.403. The number of carbonyl (C=O) groups excluding carboxylic acids is 1. The van der Waals surface area contributed by atoms with Crippen LogP contribution in [0.5, 0.6) is 0 Å². The summed E-state index contributed by atoms with van der Waals surface area (Å²) < 4.78 is 5.22. The molecule has 0 aliphatic heterocycles. The van der Waals surface area contributed by atoms with Crippen LogP contribution in [-0.4, -0.2) is 18.2 Å². The maximum absolute atomic E-state index is 11.0. The van der Waals surface area contributed by atoms with E-state index in [9.17, 15) is 9.90 Å². The summed E-state index contributed by atoms with van der Waals surface area (Å²) in [4.78, 5) is 11.0. The molecule has 1 N–H and O–H groups in total. The third kappa shape index (κ3) is 5.91. The highest BCUT2D eigenvalue weighted by molar-refractivity contribution is 9.11. The van der Waals surface area contributed by atoms with Gasteiger partial charge < -0.3 is 9.84 Å². The molecule has 0 radical (unpaired) electrons. The summed E-state index contributed by atoms with van der Waals surface area (Å²) in [5.74, 6) is -0.583. The molecule has 0 saturated carbocycles. The summed E-state index contributed by atoms with van der Waals surface area (Å²) in [6.07, 6.45) is 4.81. The molecule has 0 rings (SSSR count). The third-order valence-electron chi connectivity index (χ3n) is 1.57. The number of methoxy groups -OCH3 is 1. The fourth-order valence-electron chi connectivity index (χ4n) is 0.733. The van der Waals surface area contributed by atoms with Crippen molar-refractivity contribution in [3.63, 3.8) is 0 Å². The Labute approximate surface area is 97.6 Å². The number of carbonyl (C=O) groups is 1. The van der Waals surface area contributed by atoms with Gasteiger partial charge in [0.1, 0.15) is 5.76 Å². The first-order valence-electron chi connectivity index (χ1n) is 4.15. The van der Waals surface area contributed by atoms with Crippen LogP contribution in [0.4, 0.5) is 0 Å². The maximum Gasteiger partial charge on any atom is 0.310 e. The summed E-state index contributed by atoms with van der Waals surface area (Å²) in [6.45, 7) is 6.90. The van der Waals surface area contributed by atoms with Crippen molar-refractivity contribution < 1.29 is 14.6 Å². The average molecular weight is 273 g/mol. The van der Waals surface area contributed by atoms with E-state index in [1.165, 1.54) is 7.11 Å². The molecule has 0 amide bonds. The van der Waals surface area contributed by atoms with Crippen molar-refractivity contribution >= 4 is 21.9 Å². The van der Waals surface area contributed by atoms with Gasteiger partial charge in [0.25, 0.3) is 0 Å². The van der Waals surface area contributed by atoms with Gasteiger partial charge in [-0.2, -0.15) is 0 Å². The van der Waals surface area contributed by atoms with Crippen LogP contribution in [0.25, 0.3) is 0 Å². The Bertz CT molecular complexity index is 327. The zero-order valence-electron chi connectivity index (χ0n) is 8.50. The van der Waals surface area contributed by atoms with E-state index in [1.54, 1.807) is 18.2 Å². The molecule has 0 aromatic carbocycles. The fraction of sp³-hybridized carbons (Fsp3) is 0.182. The number of allylic oxidation sites excluding steroid dienone is 5. The Kier molecular flexibility index (Phi) is 6.45. The molecule has 0 aromatic rings. The molecule has 0 saturated heterocycles. The molecular formula is C11H13BrO3. The standard InChI is InChI=1S/C11H13BrO3/c1-4-10(12)6-5-9(8(2)13)7-11(14)15-3/h4-6,13H,1-2,7H2,3H3/b9-5-,10-6+. The largest absolute Gasteiger partial charge is 0.508 e. The summed E-state index contributed by atoms with van der Waals surface area (Å²) in [6, 6.07) is 0. The minimum atomic E-state index is -0.431. The van der Waals surface area contributed by atoms with E-state index in [2.05, 4.69) is 33.8 Å². The second-order valence-corrected chi connectivity index (χ2v) is 3.56. The lowest BCUT2D eigenvalue weighted by molar-refractivity contribution is -0.139. The molecule has 0 heterocycles. The van der Waals surface area contributed by atoms with Crippen LogP contribution >= 0.6 is 15.9 Å². The molecule has 15 heavy (non-hydrogen) atoms. The van der Waals surface area contributed by atoms with Crippen molar-refractivity contribution in [3.05, 3.63) is 47.2 Å². The Morgan fingerprint density at radius 3 is 2.53 bits per heavy atom. The number of ether oxygens (including phenoxy) is 1. The van der Waals surface area contributed by atoms with Crippen LogP contribution in [0.15, 0.2) is 47.2 Å². The second-order valence-electron chi connectivity index (χ2n) is 2.65. The maximum atomic E-state index is 11.0. The first-order chi connectivity index (χ1) is 7.01. The predicted octanol–water partition coefficient (Wildman–Crippen LogP) is 3.01. The SMILES string of the molecule is C=C/C(Br)=C\C=C(\CC(=O)OC)C(=C)O. The molecule has 0 fully saturated rings. The van der Waals surface area contributed by atoms with Gasteiger partial charge in [0.05, 0.1) is 13.5 Å². The topological polar surface area (TPSA) is 46.5 Å². The summed E-state index contributed by atoms with van der Waals surface area (Å²) >= 11 is 3.21. The number of halogens is 1. The van der Waals surface area contributed by atoms with Crippen LogP contribution in [0, 0.1) is 0 Å². The molecule has 0 spiro atoms. The highest BCUT2D eigenvalue weighted by Crippen LogP contribution is 2.13. The Balaban J connectivity index is 4.74. The predicted molar refractivity (Wildman–Crippen MR) is 63.7 cm³/mol. The summed E-state index contributed by atoms with van der Waals surface area (Å²) in [5, 5.41) is 9.20. The van der Waals surface area contributed by atoms with Gasteiger partial charge in [-0.3, -0.25) is 4.79 Å². The number of esters is 1. The van der Waals surface area contributed by atoms with E-state index in [4.69, 9.17) is 0 Å². The number of hydrogen-bond donors (Lipinski definition) is 1. The fourth-order valence-corrected chi connectivity index (χ4v) is 0.865. The Morgan fingerprint density at radius 1 is 1.53 bits per heavy atom. The van der Waals surface area contributed by atoms with E-state index >= 15 is 0 Å². The van der Waals surface area contributed by atoms with E-state index in [1.807, 2.05) is 0 Å². The first kappa shape index (κ1) is 13.7. The molecule has 0 atom stereocenters. The lowest BCUT2D eigenvalue weighted by atomic mass is 10.1. The molecule has 0 aromatic heterocycles. The van der Waals surface area contributed by atoms with Crippen LogP contribution in [-0.2, 0) is 9.53 Å². The molecule has 4 heteroatoms. The quantitative estimate of drug-likeness (QED) is 0.476. The first-order valence-corrected chi connectivity index (χ1v) is 4.94. The lowest BCUT2D eigenvalue weighted by Crippen LogP contribution is -2.02. The molecule has 82 valence electrons. The van der Waals surface area contributed by atoms with Crippen molar-refractivity contribution in [3.8, 4) is 0 Å². The van der Waals surface area contributed by atoms with Crippen LogP contribution < -0.4 is 0 Å². The van der Waals surface area contributed by atoms with Gasteiger partial charge in [-0.1, -0.05) is 41.2 Å². The van der Waals surface area contributed by atoms with E-state index in [0.717, 1.165) is 4.48 Å². The second kappa shape index (κ2) is 7.06. The van der Waals surface area contributed by atoms with E-state index in [-0.39, 0.29) is 12.2 Å². The van der Waals surface area contributed by atoms with Crippen molar-refractivity contribution in [1.82, 2.24) is 0 Å². The molecular weight excluding hydrogens is 260 g/mol. The number of aliphatic hydroxyl groups excluding tert-OH is 1. The van der Waals surface area contributed by atoms with Gasteiger partial charge in [0, 0.05) is 10.1 Å². The minimum absolute atomic E-state index is 0.0141. The van der Waals surface area contributed by atoms with Crippen molar-refractivity contribution in [2.45, 2.75) is 6.42 Å². The minimum Gasteiger partial charge on any atom is -0.508 e. The molecule has 0 aliphatic carbocycles. The summed E-state index contributed by atoms with van der Waals surface area (Å²) in [7, 11) is 1.29.